The van der Waals surface area contributed by atoms with Crippen LogP contribution in [-0.2, 0) is 4.79 Å². The van der Waals surface area contributed by atoms with Crippen molar-refractivity contribution in [2.24, 2.45) is 0 Å². The number of pyridine rings is 1. The second-order valence-electron chi connectivity index (χ2n) is 5.17. The van der Waals surface area contributed by atoms with Gasteiger partial charge in [-0.2, -0.15) is 0 Å². The Morgan fingerprint density at radius 3 is 2.62 bits per heavy atom. The summed E-state index contributed by atoms with van der Waals surface area (Å²) in [7, 11) is 0. The molecule has 0 saturated carbocycles. The van der Waals surface area contributed by atoms with Gasteiger partial charge in [0.25, 0.3) is 0 Å². The minimum Gasteiger partial charge on any atom is -0.301 e. The van der Waals surface area contributed by atoms with Gasteiger partial charge in [-0.15, -0.1) is 0 Å². The van der Waals surface area contributed by atoms with Crippen molar-refractivity contribution >= 4 is 55.3 Å². The molecule has 2 heterocycles. The molecule has 2 aromatic heterocycles. The van der Waals surface area contributed by atoms with Gasteiger partial charge in [-0.05, 0) is 24.3 Å². The minimum atomic E-state index is -0.0750. The number of nitrogens with one attached hydrogen (secondary N) is 1. The smallest absolute Gasteiger partial charge is 0.236 e. The third-order valence-electron chi connectivity index (χ3n) is 3.46. The van der Waals surface area contributed by atoms with E-state index in [0.29, 0.717) is 10.9 Å². The number of amides is 1. The Balaban J connectivity index is 1.41. The molecule has 0 aliphatic heterocycles. The quantitative estimate of drug-likeness (QED) is 0.547. The largest absolute Gasteiger partial charge is 0.301 e. The first kappa shape index (κ1) is 15.1. The maximum Gasteiger partial charge on any atom is 0.236 e. The number of anilines is 1. The van der Waals surface area contributed by atoms with E-state index in [9.17, 15) is 4.79 Å². The first-order valence-electron chi connectivity index (χ1n) is 7.42. The predicted octanol–water partition coefficient (Wildman–Crippen LogP) is 4.58. The lowest BCUT2D eigenvalue weighted by Crippen LogP contribution is -2.13. The van der Waals surface area contributed by atoms with Gasteiger partial charge in [-0.1, -0.05) is 59.5 Å². The molecule has 4 rings (SSSR count). The summed E-state index contributed by atoms with van der Waals surface area (Å²) in [6.07, 6.45) is 0. The van der Waals surface area contributed by atoms with Crippen LogP contribution in [0.1, 0.15) is 0 Å². The number of hydrogen-bond donors (Lipinski definition) is 1. The van der Waals surface area contributed by atoms with E-state index in [-0.39, 0.29) is 5.91 Å². The van der Waals surface area contributed by atoms with Crippen LogP contribution in [0.25, 0.3) is 21.1 Å². The van der Waals surface area contributed by atoms with Crippen molar-refractivity contribution in [1.29, 1.82) is 0 Å². The first-order chi connectivity index (χ1) is 11.8. The molecule has 0 unspecified atom stereocenters. The molecule has 6 heteroatoms. The zero-order valence-electron chi connectivity index (χ0n) is 12.6. The summed E-state index contributed by atoms with van der Waals surface area (Å²) in [4.78, 5) is 21.1. The summed E-state index contributed by atoms with van der Waals surface area (Å²) in [6.45, 7) is 0. The number of fused-ring (bicyclic) bond motifs is 2. The molecule has 0 spiro atoms. The number of thiazole rings is 1. The van der Waals surface area contributed by atoms with Crippen LogP contribution in [0.2, 0.25) is 0 Å². The van der Waals surface area contributed by atoms with Crippen LogP contribution in [0.15, 0.2) is 65.7 Å². The van der Waals surface area contributed by atoms with Crippen LogP contribution < -0.4 is 5.32 Å². The van der Waals surface area contributed by atoms with E-state index in [1.165, 1.54) is 23.1 Å². The van der Waals surface area contributed by atoms with Gasteiger partial charge in [0.15, 0.2) is 5.13 Å². The third kappa shape index (κ3) is 3.25. The number of nitrogens with zero attached hydrogens (tertiary/aromatic N) is 2. The van der Waals surface area contributed by atoms with E-state index in [1.807, 2.05) is 60.7 Å². The van der Waals surface area contributed by atoms with Crippen LogP contribution in [0, 0.1) is 0 Å². The van der Waals surface area contributed by atoms with E-state index in [1.54, 1.807) is 0 Å². The number of carbonyl (C=O) groups excluding carboxylic acids is 1. The molecule has 24 heavy (non-hydrogen) atoms. The molecular weight excluding hydrogens is 338 g/mol. The molecule has 0 atom stereocenters. The highest BCUT2D eigenvalue weighted by Crippen LogP contribution is 2.26. The SMILES string of the molecule is O=C(CSc1ccc2ccccc2n1)Nc1nc2ccccc2s1. The van der Waals surface area contributed by atoms with Gasteiger partial charge in [0.2, 0.25) is 5.91 Å². The number of para-hydroxylation sites is 2. The topological polar surface area (TPSA) is 54.9 Å². The Morgan fingerprint density at radius 1 is 0.958 bits per heavy atom. The Hall–Kier alpha value is -2.44. The van der Waals surface area contributed by atoms with Crippen molar-refractivity contribution in [3.8, 4) is 0 Å². The van der Waals surface area contributed by atoms with Crippen molar-refractivity contribution < 1.29 is 4.79 Å². The summed E-state index contributed by atoms with van der Waals surface area (Å²) in [5, 5.41) is 5.43. The summed E-state index contributed by atoms with van der Waals surface area (Å²) in [6, 6.07) is 19.8. The minimum absolute atomic E-state index is 0.0750. The molecule has 1 amide bonds. The Bertz CT molecular complexity index is 996. The van der Waals surface area contributed by atoms with Gasteiger partial charge < -0.3 is 5.32 Å². The highest BCUT2D eigenvalue weighted by Gasteiger charge is 2.09. The molecule has 0 saturated heterocycles. The summed E-state index contributed by atoms with van der Waals surface area (Å²) in [5.74, 6) is 0.232. The molecule has 4 aromatic rings. The molecule has 0 bridgehead atoms. The lowest BCUT2D eigenvalue weighted by atomic mass is 10.2. The number of hydrogen-bond acceptors (Lipinski definition) is 5. The van der Waals surface area contributed by atoms with Crippen LogP contribution in [0.4, 0.5) is 5.13 Å². The molecular formula is C18H13N3OS2. The monoisotopic (exact) mass is 351 g/mol. The fourth-order valence-electron chi connectivity index (χ4n) is 2.35. The molecule has 0 aliphatic carbocycles. The van der Waals surface area contributed by atoms with E-state index < -0.39 is 0 Å². The molecule has 2 aromatic carbocycles. The lowest BCUT2D eigenvalue weighted by molar-refractivity contribution is -0.113. The molecule has 4 nitrogen and oxygen atoms in total. The number of benzene rings is 2. The zero-order valence-corrected chi connectivity index (χ0v) is 14.2. The number of thioether (sulfide) groups is 1. The number of aromatic nitrogens is 2. The highest BCUT2D eigenvalue weighted by molar-refractivity contribution is 7.99. The van der Waals surface area contributed by atoms with Crippen LogP contribution in [0.5, 0.6) is 0 Å². The second kappa shape index (κ2) is 6.59. The average molecular weight is 351 g/mol. The van der Waals surface area contributed by atoms with Gasteiger partial charge in [-0.25, -0.2) is 9.97 Å². The van der Waals surface area contributed by atoms with Gasteiger partial charge >= 0.3 is 0 Å². The van der Waals surface area contributed by atoms with Crippen LogP contribution in [0.3, 0.4) is 0 Å². The van der Waals surface area contributed by atoms with Gasteiger partial charge in [0, 0.05) is 5.39 Å². The van der Waals surface area contributed by atoms with Gasteiger partial charge in [0.05, 0.1) is 26.5 Å². The number of rotatable bonds is 4. The second-order valence-corrected chi connectivity index (χ2v) is 7.19. The van der Waals surface area contributed by atoms with Crippen molar-refractivity contribution in [2.75, 3.05) is 11.1 Å². The molecule has 1 N–H and O–H groups in total. The average Bonchev–Trinajstić information content (AvgIpc) is 3.02. The fourth-order valence-corrected chi connectivity index (χ4v) is 3.91. The Kier molecular flexibility index (Phi) is 4.15. The molecule has 118 valence electrons. The summed E-state index contributed by atoms with van der Waals surface area (Å²) < 4.78 is 1.07. The zero-order chi connectivity index (χ0) is 16.4. The highest BCUT2D eigenvalue weighted by atomic mass is 32.2. The standard InChI is InChI=1S/C18H13N3OS2/c22-16(21-18-20-14-7-3-4-8-15(14)24-18)11-23-17-10-9-12-5-1-2-6-13(12)19-17/h1-10H,11H2,(H,20,21,22). The van der Waals surface area contributed by atoms with E-state index in [2.05, 4.69) is 15.3 Å². The van der Waals surface area contributed by atoms with Crippen molar-refractivity contribution in [2.45, 2.75) is 5.03 Å². The normalized spacial score (nSPS) is 11.0. The Labute approximate surface area is 146 Å². The Morgan fingerprint density at radius 2 is 1.75 bits per heavy atom. The molecule has 0 fully saturated rings. The summed E-state index contributed by atoms with van der Waals surface area (Å²) >= 11 is 2.90. The van der Waals surface area contributed by atoms with E-state index in [4.69, 9.17) is 0 Å². The maximum atomic E-state index is 12.1. The summed E-state index contributed by atoms with van der Waals surface area (Å²) in [5.41, 5.74) is 1.84. The number of carbonyl (C=O) groups is 1. The molecule has 0 aliphatic rings. The third-order valence-corrected chi connectivity index (χ3v) is 5.35. The fraction of sp³-hybridized carbons (Fsp3) is 0.0556. The van der Waals surface area contributed by atoms with Crippen molar-refractivity contribution in [3.05, 3.63) is 60.7 Å². The van der Waals surface area contributed by atoms with Crippen molar-refractivity contribution in [1.82, 2.24) is 9.97 Å². The molecule has 0 radical (unpaired) electrons. The van der Waals surface area contributed by atoms with E-state index >= 15 is 0 Å². The van der Waals surface area contributed by atoms with Gasteiger partial charge in [0.1, 0.15) is 0 Å². The van der Waals surface area contributed by atoms with E-state index in [0.717, 1.165) is 26.1 Å². The van der Waals surface area contributed by atoms with Crippen molar-refractivity contribution in [3.63, 3.8) is 0 Å². The van der Waals surface area contributed by atoms with Crippen LogP contribution >= 0.6 is 23.1 Å². The predicted molar refractivity (Wildman–Crippen MR) is 101 cm³/mol. The van der Waals surface area contributed by atoms with Crippen LogP contribution in [-0.4, -0.2) is 21.6 Å². The van der Waals surface area contributed by atoms with Gasteiger partial charge in [-0.3, -0.25) is 4.79 Å². The maximum absolute atomic E-state index is 12.1. The lowest BCUT2D eigenvalue weighted by Gasteiger charge is -2.03. The first-order valence-corrected chi connectivity index (χ1v) is 9.22.